The topological polar surface area (TPSA) is 118 Å². The lowest BCUT2D eigenvalue weighted by atomic mass is 10.1. The number of rotatable bonds is 7. The number of piperazine rings is 1. The van der Waals surface area contributed by atoms with E-state index < -0.39 is 6.04 Å². The molecule has 1 saturated heterocycles. The van der Waals surface area contributed by atoms with E-state index in [4.69, 9.17) is 4.98 Å². The van der Waals surface area contributed by atoms with E-state index in [-0.39, 0.29) is 11.5 Å². The molecule has 1 fully saturated rings. The Kier molecular flexibility index (Phi) is 8.54. The van der Waals surface area contributed by atoms with Crippen molar-refractivity contribution in [3.05, 3.63) is 118 Å². The number of aryl methyl sites for hydroxylation is 1. The second-order valence-electron chi connectivity index (χ2n) is 12.1. The van der Waals surface area contributed by atoms with Crippen molar-refractivity contribution in [2.24, 2.45) is 0 Å². The molecule has 0 saturated carbocycles. The van der Waals surface area contributed by atoms with Crippen LogP contribution in [0.4, 0.5) is 0 Å². The largest absolute Gasteiger partial charge is 0.342 e. The smallest absolute Gasteiger partial charge is 0.267 e. The lowest BCUT2D eigenvalue weighted by Crippen LogP contribution is -2.45. The molecule has 0 unspecified atom stereocenters. The third-order valence-corrected chi connectivity index (χ3v) is 8.69. The van der Waals surface area contributed by atoms with Crippen molar-refractivity contribution in [1.82, 2.24) is 49.0 Å². The molecular formula is C36H36N10O2. The third-order valence-electron chi connectivity index (χ3n) is 8.69. The molecule has 7 rings (SSSR count). The number of para-hydroxylation sites is 1. The van der Waals surface area contributed by atoms with Crippen LogP contribution in [-0.4, -0.2) is 89.4 Å². The Morgan fingerprint density at radius 1 is 1.00 bits per heavy atom. The van der Waals surface area contributed by atoms with Crippen molar-refractivity contribution in [3.63, 3.8) is 0 Å². The summed E-state index contributed by atoms with van der Waals surface area (Å²) in [6.07, 6.45) is 7.07. The maximum absolute atomic E-state index is 14.4. The molecule has 0 radical (unpaired) electrons. The van der Waals surface area contributed by atoms with Crippen LogP contribution >= 0.6 is 0 Å². The zero-order valence-corrected chi connectivity index (χ0v) is 27.2. The first kappa shape index (κ1) is 31.0. The van der Waals surface area contributed by atoms with Crippen LogP contribution in [0.2, 0.25) is 0 Å². The minimum atomic E-state index is -0.640. The van der Waals surface area contributed by atoms with Crippen molar-refractivity contribution in [1.29, 1.82) is 0 Å². The molecule has 6 aromatic rings. The Morgan fingerprint density at radius 3 is 2.62 bits per heavy atom. The Labute approximate surface area is 277 Å². The number of fused-ring (bicyclic) bond motifs is 2. The van der Waals surface area contributed by atoms with Crippen molar-refractivity contribution >= 4 is 22.5 Å². The number of likely N-dealkylation sites (N-methyl/N-ethyl adjacent to an activating group) is 1. The van der Waals surface area contributed by atoms with Gasteiger partial charge in [-0.1, -0.05) is 36.1 Å². The van der Waals surface area contributed by atoms with Gasteiger partial charge in [0.15, 0.2) is 5.65 Å². The number of hydrogen-bond acceptors (Lipinski definition) is 8. The summed E-state index contributed by atoms with van der Waals surface area (Å²) >= 11 is 0. The van der Waals surface area contributed by atoms with E-state index in [9.17, 15) is 9.59 Å². The zero-order valence-electron chi connectivity index (χ0n) is 27.2. The monoisotopic (exact) mass is 640 g/mol. The van der Waals surface area contributed by atoms with Gasteiger partial charge in [0.05, 0.1) is 46.6 Å². The molecule has 2 aromatic carbocycles. The fourth-order valence-electron chi connectivity index (χ4n) is 6.07. The van der Waals surface area contributed by atoms with Crippen LogP contribution in [0, 0.1) is 18.8 Å². The van der Waals surface area contributed by atoms with Crippen molar-refractivity contribution in [2.45, 2.75) is 26.4 Å². The highest BCUT2D eigenvalue weighted by molar-refractivity contribution is 6.01. The molecule has 48 heavy (non-hydrogen) atoms. The van der Waals surface area contributed by atoms with Crippen LogP contribution < -0.4 is 10.9 Å². The van der Waals surface area contributed by atoms with Gasteiger partial charge in [-0.15, -0.1) is 0 Å². The molecule has 1 N–H and O–H groups in total. The van der Waals surface area contributed by atoms with Crippen LogP contribution in [0.25, 0.3) is 22.2 Å². The number of hydrogen-bond donors (Lipinski definition) is 1. The normalized spacial score (nSPS) is 14.6. The molecule has 12 heteroatoms. The molecule has 0 spiro atoms. The van der Waals surface area contributed by atoms with Crippen LogP contribution in [0.3, 0.4) is 0 Å². The standard InChI is InChI=1S/C36H36N10O2/c1-25-31(34-37-15-8-16-45(34)41-25)35(47)39-26(2)33-40-30-12-7-9-28(32(30)36(48)46(33)29-10-5-4-6-11-29)14-13-27-23-38-44(24-27)22-21-43-19-17-42(3)18-20-43/h4-12,15-16,23-24,26H,17-22H2,1-3H3,(H,39,47)/t26-/m0/s1. The summed E-state index contributed by atoms with van der Waals surface area (Å²) in [5, 5.41) is 12.4. The number of amides is 1. The van der Waals surface area contributed by atoms with Crippen molar-refractivity contribution in [3.8, 4) is 17.5 Å². The van der Waals surface area contributed by atoms with Gasteiger partial charge in [-0.2, -0.15) is 10.2 Å². The Bertz CT molecular complexity index is 2230. The summed E-state index contributed by atoms with van der Waals surface area (Å²) < 4.78 is 5.04. The number of carbonyl (C=O) groups is 1. The predicted molar refractivity (Wildman–Crippen MR) is 183 cm³/mol. The van der Waals surface area contributed by atoms with Crippen LogP contribution in [-0.2, 0) is 6.54 Å². The zero-order chi connectivity index (χ0) is 33.2. The van der Waals surface area contributed by atoms with Gasteiger partial charge in [0.1, 0.15) is 11.4 Å². The van der Waals surface area contributed by atoms with E-state index in [2.05, 4.69) is 49.2 Å². The Morgan fingerprint density at radius 2 is 1.81 bits per heavy atom. The first-order valence-corrected chi connectivity index (χ1v) is 16.0. The summed E-state index contributed by atoms with van der Waals surface area (Å²) in [7, 11) is 2.16. The summed E-state index contributed by atoms with van der Waals surface area (Å²) in [5.74, 6) is 6.45. The van der Waals surface area contributed by atoms with Crippen LogP contribution in [0.15, 0.2) is 84.2 Å². The average Bonchev–Trinajstić information content (AvgIpc) is 3.70. The molecule has 0 aliphatic carbocycles. The summed E-state index contributed by atoms with van der Waals surface area (Å²) in [5.41, 5.74) is 3.56. The maximum atomic E-state index is 14.4. The number of carbonyl (C=O) groups excluding carboxylic acids is 1. The molecule has 5 heterocycles. The third kappa shape index (κ3) is 6.21. The van der Waals surface area contributed by atoms with Crippen LogP contribution in [0.1, 0.15) is 46.0 Å². The van der Waals surface area contributed by atoms with E-state index in [1.807, 2.05) is 60.3 Å². The van der Waals surface area contributed by atoms with Gasteiger partial charge in [-0.25, -0.2) is 14.5 Å². The number of nitrogens with zero attached hydrogens (tertiary/aromatic N) is 9. The van der Waals surface area contributed by atoms with Crippen molar-refractivity contribution < 1.29 is 4.79 Å². The lowest BCUT2D eigenvalue weighted by molar-refractivity contribution is 0.0938. The molecule has 0 bridgehead atoms. The first-order valence-electron chi connectivity index (χ1n) is 16.0. The summed E-state index contributed by atoms with van der Waals surface area (Å²) in [6.45, 7) is 9.59. The minimum absolute atomic E-state index is 0.274. The number of aromatic nitrogens is 7. The second kappa shape index (κ2) is 13.2. The highest BCUT2D eigenvalue weighted by Gasteiger charge is 2.24. The fourth-order valence-corrected chi connectivity index (χ4v) is 6.07. The highest BCUT2D eigenvalue weighted by Crippen LogP contribution is 2.21. The van der Waals surface area contributed by atoms with E-state index in [0.717, 1.165) is 44.8 Å². The predicted octanol–water partition coefficient (Wildman–Crippen LogP) is 3.07. The average molecular weight is 641 g/mol. The minimum Gasteiger partial charge on any atom is -0.342 e. The summed E-state index contributed by atoms with van der Waals surface area (Å²) in [6, 6.07) is 15.9. The van der Waals surface area contributed by atoms with Crippen molar-refractivity contribution in [2.75, 3.05) is 39.8 Å². The fraction of sp³-hybridized carbons (Fsp3) is 0.278. The molecule has 4 aromatic heterocycles. The van der Waals surface area contributed by atoms with Gasteiger partial charge in [0.2, 0.25) is 0 Å². The highest BCUT2D eigenvalue weighted by atomic mass is 16.2. The molecule has 242 valence electrons. The van der Waals surface area contributed by atoms with E-state index in [0.29, 0.717) is 44.9 Å². The molecule has 12 nitrogen and oxygen atoms in total. The first-order chi connectivity index (χ1) is 23.4. The molecule has 1 aliphatic rings. The van der Waals surface area contributed by atoms with E-state index in [1.165, 1.54) is 0 Å². The number of benzene rings is 2. The van der Waals surface area contributed by atoms with Crippen LogP contribution in [0.5, 0.6) is 0 Å². The number of nitrogens with one attached hydrogen (secondary N) is 1. The molecule has 1 atom stereocenters. The molecule has 1 aliphatic heterocycles. The van der Waals surface area contributed by atoms with Gasteiger partial charge in [0.25, 0.3) is 11.5 Å². The quantitative estimate of drug-likeness (QED) is 0.265. The van der Waals surface area contributed by atoms with Gasteiger partial charge >= 0.3 is 0 Å². The van der Waals surface area contributed by atoms with Gasteiger partial charge in [-0.05, 0) is 51.2 Å². The van der Waals surface area contributed by atoms with Gasteiger partial charge < -0.3 is 10.2 Å². The maximum Gasteiger partial charge on any atom is 0.267 e. The van der Waals surface area contributed by atoms with E-state index >= 15 is 0 Å². The lowest BCUT2D eigenvalue weighted by Gasteiger charge is -2.32. The Hall–Kier alpha value is -5.64. The summed E-state index contributed by atoms with van der Waals surface area (Å²) in [4.78, 5) is 42.1. The van der Waals surface area contributed by atoms with Gasteiger partial charge in [-0.3, -0.25) is 23.7 Å². The van der Waals surface area contributed by atoms with E-state index in [1.54, 1.807) is 46.7 Å². The molecular weight excluding hydrogens is 604 g/mol. The van der Waals surface area contributed by atoms with Gasteiger partial charge in [0, 0.05) is 56.9 Å². The Balaban J connectivity index is 1.20. The second-order valence-corrected chi connectivity index (χ2v) is 12.1. The molecule has 1 amide bonds. The SMILES string of the molecule is Cc1nn2cccnc2c1C(=O)N[C@@H](C)c1nc2cccc(C#Cc3cnn(CCN4CCN(C)CC4)c3)c2c(=O)n1-c1ccccc1.